The molecule has 0 aromatic carbocycles. The van der Waals surface area contributed by atoms with Crippen LogP contribution in [0.15, 0.2) is 6.33 Å². The molecule has 4 N–H and O–H groups in total. The first-order valence-electron chi connectivity index (χ1n) is 10.1. The van der Waals surface area contributed by atoms with Crippen LogP contribution in [-0.4, -0.2) is 67.3 Å². The Kier molecular flexibility index (Phi) is 6.49. The van der Waals surface area contributed by atoms with Crippen LogP contribution < -0.4 is 10.6 Å². The second kappa shape index (κ2) is 8.84. The maximum Gasteiger partial charge on any atom is 0.227 e. The maximum absolute atomic E-state index is 9.68. The molecular formula is C19H33N7O. The number of aliphatic hydroxyl groups excluding tert-OH is 1. The third-order valence-corrected chi connectivity index (χ3v) is 5.30. The Morgan fingerprint density at radius 1 is 1.15 bits per heavy atom. The van der Waals surface area contributed by atoms with Gasteiger partial charge in [-0.15, -0.1) is 0 Å². The highest BCUT2D eigenvalue weighted by Gasteiger charge is 2.21. The lowest BCUT2D eigenvalue weighted by molar-refractivity contribution is 0.126. The Balaban J connectivity index is 1.68. The molecule has 0 unspecified atom stereocenters. The van der Waals surface area contributed by atoms with Gasteiger partial charge in [-0.3, -0.25) is 4.90 Å². The van der Waals surface area contributed by atoms with Gasteiger partial charge in [0.1, 0.15) is 5.52 Å². The molecule has 0 atom stereocenters. The van der Waals surface area contributed by atoms with E-state index in [2.05, 4.69) is 63.2 Å². The minimum atomic E-state index is -0.167. The number of aliphatic hydroxyl groups is 1. The summed E-state index contributed by atoms with van der Waals surface area (Å²) in [5, 5.41) is 16.6. The van der Waals surface area contributed by atoms with Crippen molar-refractivity contribution in [1.82, 2.24) is 24.8 Å². The van der Waals surface area contributed by atoms with Crippen molar-refractivity contribution in [2.75, 3.05) is 23.7 Å². The molecule has 150 valence electrons. The summed E-state index contributed by atoms with van der Waals surface area (Å²) in [6.07, 6.45) is 5.01. The van der Waals surface area contributed by atoms with Gasteiger partial charge in [0, 0.05) is 31.2 Å². The number of imidazole rings is 1. The van der Waals surface area contributed by atoms with Crippen LogP contribution in [0.25, 0.3) is 11.2 Å². The molecule has 27 heavy (non-hydrogen) atoms. The Labute approximate surface area is 161 Å². The molecule has 3 rings (SSSR count). The molecule has 0 radical (unpaired) electrons. The summed E-state index contributed by atoms with van der Waals surface area (Å²) in [4.78, 5) is 19.1. The number of H-pyrrole nitrogens is 1. The zero-order valence-corrected chi connectivity index (χ0v) is 16.9. The third-order valence-electron chi connectivity index (χ3n) is 5.30. The molecule has 2 aromatic rings. The highest BCUT2D eigenvalue weighted by atomic mass is 16.3. The van der Waals surface area contributed by atoms with Crippen molar-refractivity contribution >= 4 is 22.9 Å². The van der Waals surface area contributed by atoms with Gasteiger partial charge < -0.3 is 20.7 Å². The Hall–Kier alpha value is -1.93. The lowest BCUT2D eigenvalue weighted by Gasteiger charge is -2.30. The van der Waals surface area contributed by atoms with Crippen molar-refractivity contribution in [3.63, 3.8) is 0 Å². The monoisotopic (exact) mass is 375 g/mol. The van der Waals surface area contributed by atoms with Crippen LogP contribution in [-0.2, 0) is 0 Å². The standard InChI is InChI=1S/C19H33N7O/c1-12(2)26(13(3)4)10-9-20-17-16-18(22-11-21-16)25-19(24-17)23-14-5-7-15(27)8-6-14/h11-15,27H,5-10H2,1-4H3,(H3,20,21,22,23,24,25). The van der Waals surface area contributed by atoms with Gasteiger partial charge in [0.15, 0.2) is 11.5 Å². The van der Waals surface area contributed by atoms with E-state index < -0.39 is 0 Å². The molecule has 2 aromatic heterocycles. The summed E-state index contributed by atoms with van der Waals surface area (Å²) in [5.41, 5.74) is 1.50. The number of aromatic nitrogens is 4. The number of hydrogen-bond acceptors (Lipinski definition) is 7. The Morgan fingerprint density at radius 2 is 1.85 bits per heavy atom. The van der Waals surface area contributed by atoms with E-state index >= 15 is 0 Å². The van der Waals surface area contributed by atoms with Crippen molar-refractivity contribution < 1.29 is 5.11 Å². The van der Waals surface area contributed by atoms with E-state index in [9.17, 15) is 5.11 Å². The Bertz CT molecular complexity index is 714. The SMILES string of the molecule is CC(C)N(CCNc1nc(NC2CCC(O)CC2)nc2nc[nH]c12)C(C)C. The van der Waals surface area contributed by atoms with Crippen LogP contribution in [0.5, 0.6) is 0 Å². The summed E-state index contributed by atoms with van der Waals surface area (Å²) in [5.74, 6) is 1.38. The van der Waals surface area contributed by atoms with Gasteiger partial charge >= 0.3 is 0 Å². The first-order chi connectivity index (χ1) is 12.9. The summed E-state index contributed by atoms with van der Waals surface area (Å²) < 4.78 is 0. The summed E-state index contributed by atoms with van der Waals surface area (Å²) in [6.45, 7) is 10.6. The molecule has 0 spiro atoms. The van der Waals surface area contributed by atoms with Crippen molar-refractivity contribution in [2.45, 2.75) is 77.6 Å². The molecule has 8 nitrogen and oxygen atoms in total. The molecule has 1 aliphatic rings. The highest BCUT2D eigenvalue weighted by molar-refractivity contribution is 5.83. The quantitative estimate of drug-likeness (QED) is 0.562. The molecule has 0 aliphatic heterocycles. The van der Waals surface area contributed by atoms with E-state index in [4.69, 9.17) is 0 Å². The Morgan fingerprint density at radius 3 is 2.52 bits per heavy atom. The van der Waals surface area contributed by atoms with Gasteiger partial charge in [-0.2, -0.15) is 9.97 Å². The molecule has 0 bridgehead atoms. The fourth-order valence-electron chi connectivity index (χ4n) is 3.84. The van der Waals surface area contributed by atoms with E-state index in [0.717, 1.165) is 50.1 Å². The number of nitrogens with one attached hydrogen (secondary N) is 3. The molecule has 8 heteroatoms. The second-order valence-electron chi connectivity index (χ2n) is 8.00. The van der Waals surface area contributed by atoms with Gasteiger partial charge in [-0.1, -0.05) is 0 Å². The number of hydrogen-bond donors (Lipinski definition) is 4. The topological polar surface area (TPSA) is 102 Å². The van der Waals surface area contributed by atoms with E-state index in [1.807, 2.05) is 0 Å². The summed E-state index contributed by atoms with van der Waals surface area (Å²) in [6, 6.07) is 1.31. The van der Waals surface area contributed by atoms with Crippen LogP contribution in [0.3, 0.4) is 0 Å². The third kappa shape index (κ3) is 5.07. The van der Waals surface area contributed by atoms with E-state index in [0.29, 0.717) is 29.7 Å². The summed E-state index contributed by atoms with van der Waals surface area (Å²) >= 11 is 0. The number of nitrogens with zero attached hydrogens (tertiary/aromatic N) is 4. The van der Waals surface area contributed by atoms with Crippen molar-refractivity contribution in [1.29, 1.82) is 0 Å². The molecular weight excluding hydrogens is 342 g/mol. The van der Waals surface area contributed by atoms with Crippen LogP contribution in [0.4, 0.5) is 11.8 Å². The minimum absolute atomic E-state index is 0.167. The molecule has 0 saturated heterocycles. The predicted octanol–water partition coefficient (Wildman–Crippen LogP) is 2.60. The molecule has 0 amide bonds. The van der Waals surface area contributed by atoms with Crippen molar-refractivity contribution in [2.24, 2.45) is 0 Å². The first kappa shape index (κ1) is 19.8. The second-order valence-corrected chi connectivity index (χ2v) is 8.00. The van der Waals surface area contributed by atoms with Gasteiger partial charge in [0.25, 0.3) is 0 Å². The predicted molar refractivity (Wildman–Crippen MR) is 109 cm³/mol. The highest BCUT2D eigenvalue weighted by Crippen LogP contribution is 2.23. The van der Waals surface area contributed by atoms with Crippen LogP contribution in [0, 0.1) is 0 Å². The number of anilines is 2. The zero-order chi connectivity index (χ0) is 19.4. The van der Waals surface area contributed by atoms with Gasteiger partial charge in [-0.05, 0) is 53.4 Å². The van der Waals surface area contributed by atoms with Gasteiger partial charge in [0.05, 0.1) is 12.4 Å². The van der Waals surface area contributed by atoms with E-state index in [-0.39, 0.29) is 6.10 Å². The molecule has 1 saturated carbocycles. The fourth-order valence-corrected chi connectivity index (χ4v) is 3.84. The largest absolute Gasteiger partial charge is 0.393 e. The summed E-state index contributed by atoms with van der Waals surface area (Å²) in [7, 11) is 0. The van der Waals surface area contributed by atoms with Crippen molar-refractivity contribution in [3.8, 4) is 0 Å². The van der Waals surface area contributed by atoms with Crippen LogP contribution >= 0.6 is 0 Å². The molecule has 2 heterocycles. The average Bonchev–Trinajstić information content (AvgIpc) is 3.08. The van der Waals surface area contributed by atoms with Gasteiger partial charge in [0.2, 0.25) is 5.95 Å². The number of fused-ring (bicyclic) bond motifs is 1. The minimum Gasteiger partial charge on any atom is -0.393 e. The number of aromatic amines is 1. The van der Waals surface area contributed by atoms with E-state index in [1.54, 1.807) is 6.33 Å². The average molecular weight is 376 g/mol. The normalized spacial score (nSPS) is 20.7. The van der Waals surface area contributed by atoms with Crippen LogP contribution in [0.2, 0.25) is 0 Å². The lowest BCUT2D eigenvalue weighted by atomic mass is 9.93. The number of rotatable bonds is 8. The van der Waals surface area contributed by atoms with E-state index in [1.165, 1.54) is 0 Å². The smallest absolute Gasteiger partial charge is 0.227 e. The fraction of sp³-hybridized carbons (Fsp3) is 0.737. The lowest BCUT2D eigenvalue weighted by Crippen LogP contribution is -2.40. The molecule has 1 aliphatic carbocycles. The molecule has 1 fully saturated rings. The van der Waals surface area contributed by atoms with Gasteiger partial charge in [-0.25, -0.2) is 4.98 Å². The van der Waals surface area contributed by atoms with Crippen molar-refractivity contribution in [3.05, 3.63) is 6.33 Å². The van der Waals surface area contributed by atoms with Crippen LogP contribution in [0.1, 0.15) is 53.4 Å². The zero-order valence-electron chi connectivity index (χ0n) is 16.9. The maximum atomic E-state index is 9.68. The first-order valence-corrected chi connectivity index (χ1v) is 10.1.